The molecule has 2 aromatic carbocycles. The first-order valence-corrected chi connectivity index (χ1v) is 8.06. The van der Waals surface area contributed by atoms with Gasteiger partial charge in [-0.1, -0.05) is 54.1 Å². The molecule has 0 saturated carbocycles. The number of halogens is 1. The molecule has 0 aliphatic carbocycles. The molecular weight excluding hydrogens is 328 g/mol. The molecule has 5 nitrogen and oxygen atoms in total. The molecule has 0 aromatic heterocycles. The summed E-state index contributed by atoms with van der Waals surface area (Å²) in [5.74, 6) is -0.257. The van der Waals surface area contributed by atoms with Gasteiger partial charge in [-0.25, -0.2) is 4.79 Å². The van der Waals surface area contributed by atoms with Crippen molar-refractivity contribution in [3.8, 4) is 0 Å². The third-order valence-corrected chi connectivity index (χ3v) is 4.17. The third-order valence-electron chi connectivity index (χ3n) is 3.84. The summed E-state index contributed by atoms with van der Waals surface area (Å²) in [6.45, 7) is 1.20. The van der Waals surface area contributed by atoms with Crippen LogP contribution >= 0.6 is 11.6 Å². The summed E-state index contributed by atoms with van der Waals surface area (Å²) >= 11 is 5.99. The number of amides is 2. The Morgan fingerprint density at radius 3 is 2.62 bits per heavy atom. The van der Waals surface area contributed by atoms with Gasteiger partial charge >= 0.3 is 6.09 Å². The van der Waals surface area contributed by atoms with Crippen molar-refractivity contribution >= 4 is 23.6 Å². The van der Waals surface area contributed by atoms with Gasteiger partial charge in [0.25, 0.3) is 5.91 Å². The Balaban J connectivity index is 1.51. The topological polar surface area (TPSA) is 58.6 Å². The number of carbonyl (C=O) groups excluding carboxylic acids is 2. The molecule has 1 saturated heterocycles. The Morgan fingerprint density at radius 2 is 1.88 bits per heavy atom. The van der Waals surface area contributed by atoms with Crippen LogP contribution in [0.5, 0.6) is 0 Å². The second-order valence-electron chi connectivity index (χ2n) is 5.46. The molecule has 124 valence electrons. The number of hydrogen-bond donors (Lipinski definition) is 1. The van der Waals surface area contributed by atoms with E-state index in [-0.39, 0.29) is 18.1 Å². The molecule has 1 heterocycles. The normalized spacial score (nSPS) is 16.8. The van der Waals surface area contributed by atoms with Crippen molar-refractivity contribution in [3.63, 3.8) is 0 Å². The number of hydrogen-bond acceptors (Lipinski definition) is 3. The van der Waals surface area contributed by atoms with Gasteiger partial charge in [0.05, 0.1) is 17.1 Å². The second-order valence-corrected chi connectivity index (χ2v) is 5.87. The van der Waals surface area contributed by atoms with Crippen molar-refractivity contribution in [2.75, 3.05) is 19.6 Å². The molecular formula is C18H17ClN2O3. The first-order chi connectivity index (χ1) is 11.6. The molecule has 1 unspecified atom stereocenters. The SMILES string of the molecule is O=C(NCCN1CC(c2ccccc2)OC1=O)c1ccccc1Cl. The highest BCUT2D eigenvalue weighted by molar-refractivity contribution is 6.33. The first kappa shape index (κ1) is 16.3. The van der Waals surface area contributed by atoms with Gasteiger partial charge in [0.2, 0.25) is 0 Å². The molecule has 2 aromatic rings. The zero-order valence-electron chi connectivity index (χ0n) is 12.9. The van der Waals surface area contributed by atoms with Crippen LogP contribution in [-0.4, -0.2) is 36.5 Å². The number of nitrogens with one attached hydrogen (secondary N) is 1. The maximum absolute atomic E-state index is 12.1. The minimum atomic E-state index is -0.365. The Bertz CT molecular complexity index is 736. The van der Waals surface area contributed by atoms with Crippen LogP contribution in [-0.2, 0) is 4.74 Å². The Labute approximate surface area is 145 Å². The van der Waals surface area contributed by atoms with Gasteiger partial charge in [-0.15, -0.1) is 0 Å². The van der Waals surface area contributed by atoms with Crippen LogP contribution in [0.3, 0.4) is 0 Å². The van der Waals surface area contributed by atoms with E-state index in [0.29, 0.717) is 30.2 Å². The van der Waals surface area contributed by atoms with E-state index >= 15 is 0 Å². The minimum Gasteiger partial charge on any atom is -0.439 e. The fourth-order valence-corrected chi connectivity index (χ4v) is 2.80. The van der Waals surface area contributed by atoms with Crippen molar-refractivity contribution in [2.24, 2.45) is 0 Å². The van der Waals surface area contributed by atoms with Gasteiger partial charge in [-0.05, 0) is 17.7 Å². The fraction of sp³-hybridized carbons (Fsp3) is 0.222. The van der Waals surface area contributed by atoms with Crippen LogP contribution in [0.15, 0.2) is 54.6 Å². The lowest BCUT2D eigenvalue weighted by Gasteiger charge is -2.13. The summed E-state index contributed by atoms with van der Waals surface area (Å²) in [6.07, 6.45) is -0.631. The molecule has 1 atom stereocenters. The average molecular weight is 345 g/mol. The number of ether oxygens (including phenoxy) is 1. The molecule has 0 radical (unpaired) electrons. The van der Waals surface area contributed by atoms with Crippen LogP contribution in [0.25, 0.3) is 0 Å². The van der Waals surface area contributed by atoms with E-state index in [9.17, 15) is 9.59 Å². The van der Waals surface area contributed by atoms with Crippen molar-refractivity contribution < 1.29 is 14.3 Å². The zero-order chi connectivity index (χ0) is 16.9. The lowest BCUT2D eigenvalue weighted by molar-refractivity contribution is 0.0948. The summed E-state index contributed by atoms with van der Waals surface area (Å²) in [5, 5.41) is 3.17. The average Bonchev–Trinajstić information content (AvgIpc) is 2.97. The summed E-state index contributed by atoms with van der Waals surface area (Å²) in [6, 6.07) is 16.5. The molecule has 1 fully saturated rings. The van der Waals surface area contributed by atoms with Gasteiger partial charge < -0.3 is 15.0 Å². The van der Waals surface area contributed by atoms with E-state index in [1.165, 1.54) is 0 Å². The van der Waals surface area contributed by atoms with Crippen LogP contribution in [0.2, 0.25) is 5.02 Å². The van der Waals surface area contributed by atoms with Crippen LogP contribution in [0.4, 0.5) is 4.79 Å². The monoisotopic (exact) mass is 344 g/mol. The number of carbonyl (C=O) groups is 2. The summed E-state index contributed by atoms with van der Waals surface area (Å²) < 4.78 is 5.37. The standard InChI is InChI=1S/C18H17ClN2O3/c19-15-9-5-4-8-14(15)17(22)20-10-11-21-12-16(24-18(21)23)13-6-2-1-3-7-13/h1-9,16H,10-12H2,(H,20,22). The van der Waals surface area contributed by atoms with Crippen LogP contribution < -0.4 is 5.32 Å². The van der Waals surface area contributed by atoms with E-state index in [4.69, 9.17) is 16.3 Å². The lowest BCUT2D eigenvalue weighted by atomic mass is 10.1. The van der Waals surface area contributed by atoms with E-state index in [1.54, 1.807) is 29.2 Å². The van der Waals surface area contributed by atoms with E-state index in [1.807, 2.05) is 30.3 Å². The molecule has 2 amide bonds. The smallest absolute Gasteiger partial charge is 0.410 e. The molecule has 0 spiro atoms. The Hall–Kier alpha value is -2.53. The largest absolute Gasteiger partial charge is 0.439 e. The number of benzene rings is 2. The Kier molecular flexibility index (Phi) is 5.01. The van der Waals surface area contributed by atoms with Gasteiger partial charge in [-0.2, -0.15) is 0 Å². The maximum Gasteiger partial charge on any atom is 0.410 e. The van der Waals surface area contributed by atoms with Gasteiger partial charge in [-0.3, -0.25) is 4.79 Å². The first-order valence-electron chi connectivity index (χ1n) is 7.68. The lowest BCUT2D eigenvalue weighted by Crippen LogP contribution is -2.35. The van der Waals surface area contributed by atoms with E-state index in [2.05, 4.69) is 5.32 Å². The maximum atomic E-state index is 12.1. The zero-order valence-corrected chi connectivity index (χ0v) is 13.7. The highest BCUT2D eigenvalue weighted by Crippen LogP contribution is 2.25. The highest BCUT2D eigenvalue weighted by Gasteiger charge is 2.31. The summed E-state index contributed by atoms with van der Waals surface area (Å²) in [7, 11) is 0. The molecule has 24 heavy (non-hydrogen) atoms. The van der Waals surface area contributed by atoms with Crippen molar-refractivity contribution in [1.29, 1.82) is 0 Å². The van der Waals surface area contributed by atoms with Crippen LogP contribution in [0.1, 0.15) is 22.0 Å². The predicted octanol–water partition coefficient (Wildman–Crippen LogP) is 3.26. The summed E-state index contributed by atoms with van der Waals surface area (Å²) in [4.78, 5) is 25.6. The van der Waals surface area contributed by atoms with Crippen LogP contribution in [0, 0.1) is 0 Å². The van der Waals surface area contributed by atoms with E-state index in [0.717, 1.165) is 5.56 Å². The molecule has 1 aliphatic heterocycles. The second kappa shape index (κ2) is 7.36. The Morgan fingerprint density at radius 1 is 1.17 bits per heavy atom. The molecule has 3 rings (SSSR count). The van der Waals surface area contributed by atoms with Crippen molar-refractivity contribution in [3.05, 3.63) is 70.7 Å². The third kappa shape index (κ3) is 3.68. The fourth-order valence-electron chi connectivity index (χ4n) is 2.58. The quantitative estimate of drug-likeness (QED) is 0.905. The summed E-state index contributed by atoms with van der Waals surface area (Å²) in [5.41, 5.74) is 1.39. The highest BCUT2D eigenvalue weighted by atomic mass is 35.5. The number of cyclic esters (lactones) is 1. The number of rotatable bonds is 5. The molecule has 1 N–H and O–H groups in total. The van der Waals surface area contributed by atoms with E-state index < -0.39 is 0 Å². The molecule has 6 heteroatoms. The van der Waals surface area contributed by atoms with Gasteiger partial charge in [0, 0.05) is 13.1 Å². The number of nitrogens with zero attached hydrogens (tertiary/aromatic N) is 1. The van der Waals surface area contributed by atoms with Crippen molar-refractivity contribution in [2.45, 2.75) is 6.10 Å². The van der Waals surface area contributed by atoms with Crippen molar-refractivity contribution in [1.82, 2.24) is 10.2 Å². The molecule has 1 aliphatic rings. The van der Waals surface area contributed by atoms with Gasteiger partial charge in [0.1, 0.15) is 6.10 Å². The molecule has 0 bridgehead atoms. The minimum absolute atomic E-state index is 0.257. The predicted molar refractivity (Wildman–Crippen MR) is 91.0 cm³/mol. The van der Waals surface area contributed by atoms with Gasteiger partial charge in [0.15, 0.2) is 0 Å².